The van der Waals surface area contributed by atoms with Crippen LogP contribution in [0.1, 0.15) is 136 Å². The predicted octanol–water partition coefficient (Wildman–Crippen LogP) is 8.53. The quantitative estimate of drug-likeness (QED) is 0.119. The van der Waals surface area contributed by atoms with Crippen LogP contribution in [-0.2, 0) is 19.0 Å². The van der Waals surface area contributed by atoms with Crippen LogP contribution in [0.25, 0.3) is 0 Å². The second-order valence-electron chi connectivity index (χ2n) is 11.1. The highest BCUT2D eigenvalue weighted by Gasteiger charge is 2.46. The van der Waals surface area contributed by atoms with Gasteiger partial charge in [-0.25, -0.2) is 9.59 Å². The second-order valence-corrected chi connectivity index (χ2v) is 11.1. The smallest absolute Gasteiger partial charge is 0.413 e. The van der Waals surface area contributed by atoms with Gasteiger partial charge >= 0.3 is 12.1 Å². The van der Waals surface area contributed by atoms with Gasteiger partial charge in [0.25, 0.3) is 0 Å². The largest absolute Gasteiger partial charge is 0.463 e. The third-order valence-corrected chi connectivity index (χ3v) is 8.20. The summed E-state index contributed by atoms with van der Waals surface area (Å²) < 4.78 is 16.7. The summed E-state index contributed by atoms with van der Waals surface area (Å²) in [6, 6.07) is -0.0183. The molecule has 0 aromatic rings. The average Bonchev–Trinajstić information content (AvgIpc) is 3.29. The van der Waals surface area contributed by atoms with E-state index in [1.807, 2.05) is 6.08 Å². The van der Waals surface area contributed by atoms with Gasteiger partial charge in [-0.2, -0.15) is 0 Å². The summed E-state index contributed by atoms with van der Waals surface area (Å²) >= 11 is 0. The van der Waals surface area contributed by atoms with Crippen LogP contribution < -0.4 is 0 Å². The van der Waals surface area contributed by atoms with Crippen molar-refractivity contribution in [3.63, 3.8) is 0 Å². The van der Waals surface area contributed by atoms with Crippen molar-refractivity contribution in [3.8, 4) is 0 Å². The Bertz CT molecular complexity index is 679. The highest BCUT2D eigenvalue weighted by molar-refractivity contribution is 5.86. The molecule has 6 nitrogen and oxygen atoms in total. The summed E-state index contributed by atoms with van der Waals surface area (Å²) in [5, 5.41) is 0. The predicted molar refractivity (Wildman–Crippen MR) is 149 cm³/mol. The van der Waals surface area contributed by atoms with Crippen LogP contribution in [0.4, 0.5) is 4.79 Å². The van der Waals surface area contributed by atoms with E-state index in [4.69, 9.17) is 14.2 Å². The van der Waals surface area contributed by atoms with Crippen molar-refractivity contribution in [3.05, 3.63) is 11.8 Å². The van der Waals surface area contributed by atoms with E-state index in [0.717, 1.165) is 32.1 Å². The molecule has 1 saturated heterocycles. The number of hydrogen-bond acceptors (Lipinski definition) is 5. The number of rotatable bonds is 20. The molecule has 37 heavy (non-hydrogen) atoms. The molecule has 1 amide bonds. The summed E-state index contributed by atoms with van der Waals surface area (Å²) in [6.07, 6.45) is 23.1. The number of nitrogens with zero attached hydrogens (tertiary/aromatic N) is 1. The van der Waals surface area contributed by atoms with Gasteiger partial charge in [-0.05, 0) is 31.3 Å². The molecular weight excluding hydrogens is 466 g/mol. The van der Waals surface area contributed by atoms with Crippen molar-refractivity contribution in [2.75, 3.05) is 13.7 Å². The van der Waals surface area contributed by atoms with Gasteiger partial charge in [0.2, 0.25) is 5.76 Å². The molecule has 2 aliphatic heterocycles. The lowest BCUT2D eigenvalue weighted by atomic mass is 9.80. The lowest BCUT2D eigenvalue weighted by Crippen LogP contribution is -2.51. The zero-order valence-electron chi connectivity index (χ0n) is 24.3. The lowest BCUT2D eigenvalue weighted by molar-refractivity contribution is -0.148. The van der Waals surface area contributed by atoms with Crippen LogP contribution in [0.3, 0.4) is 0 Å². The molecule has 1 fully saturated rings. The third-order valence-electron chi connectivity index (χ3n) is 8.20. The average molecular weight is 522 g/mol. The normalized spacial score (nSPS) is 23.5. The van der Waals surface area contributed by atoms with Gasteiger partial charge in [0.1, 0.15) is 6.61 Å². The molecule has 0 spiro atoms. The zero-order chi connectivity index (χ0) is 26.9. The van der Waals surface area contributed by atoms with Crippen LogP contribution in [-0.4, -0.2) is 42.9 Å². The molecular formula is C31H55NO5. The summed E-state index contributed by atoms with van der Waals surface area (Å²) in [4.78, 5) is 27.1. The fraction of sp³-hybridized carbons (Fsp3) is 0.871. The van der Waals surface area contributed by atoms with E-state index in [-0.39, 0.29) is 29.7 Å². The van der Waals surface area contributed by atoms with Crippen molar-refractivity contribution in [2.45, 2.75) is 149 Å². The minimum Gasteiger partial charge on any atom is -0.463 e. The Balaban J connectivity index is 1.98. The van der Waals surface area contributed by atoms with Crippen LogP contribution in [0.2, 0.25) is 0 Å². The Labute approximate surface area is 226 Å². The van der Waals surface area contributed by atoms with E-state index in [1.54, 1.807) is 4.90 Å². The number of cyclic esters (lactones) is 1. The fourth-order valence-electron chi connectivity index (χ4n) is 5.87. The van der Waals surface area contributed by atoms with Crippen LogP contribution in [0.5, 0.6) is 0 Å². The number of esters is 1. The standard InChI is InChI=1S/C31H55NO5/c1-5-8-10-12-13-14-15-16-17-18-19-21-25-23-28(30(33)35-4)37-29(27(25)22-20-11-9-6-2)32-26(7-3)24-36-31(32)34/h23,25-27,29H,5-22,24H2,1-4H3/t25-,26-,27+,29+/m1/s1. The molecule has 2 aliphatic rings. The van der Waals surface area contributed by atoms with Gasteiger partial charge < -0.3 is 14.2 Å². The monoisotopic (exact) mass is 521 g/mol. The first-order chi connectivity index (χ1) is 18.1. The molecule has 0 aromatic heterocycles. The fourth-order valence-corrected chi connectivity index (χ4v) is 5.87. The first kappa shape index (κ1) is 31.5. The maximum absolute atomic E-state index is 12.8. The van der Waals surface area contributed by atoms with Gasteiger partial charge in [-0.3, -0.25) is 4.90 Å². The topological polar surface area (TPSA) is 65.1 Å². The summed E-state index contributed by atoms with van der Waals surface area (Å²) in [5.74, 6) is 0.144. The van der Waals surface area contributed by atoms with Crippen molar-refractivity contribution < 1.29 is 23.8 Å². The first-order valence-electron chi connectivity index (χ1n) is 15.5. The number of allylic oxidation sites excluding steroid dienone is 1. The summed E-state index contributed by atoms with van der Waals surface area (Å²) in [6.45, 7) is 6.94. The van der Waals surface area contributed by atoms with Gasteiger partial charge in [0.05, 0.1) is 13.2 Å². The summed E-state index contributed by atoms with van der Waals surface area (Å²) in [5.41, 5.74) is 0. The molecule has 214 valence electrons. The highest BCUT2D eigenvalue weighted by atomic mass is 16.6. The minimum atomic E-state index is -0.474. The molecule has 2 heterocycles. The van der Waals surface area contributed by atoms with E-state index >= 15 is 0 Å². The Morgan fingerprint density at radius 1 is 0.865 bits per heavy atom. The van der Waals surface area contributed by atoms with E-state index in [0.29, 0.717) is 6.61 Å². The third kappa shape index (κ3) is 10.5. The number of ether oxygens (including phenoxy) is 3. The molecule has 4 atom stereocenters. The van der Waals surface area contributed by atoms with Crippen molar-refractivity contribution >= 4 is 12.1 Å². The summed E-state index contributed by atoms with van der Waals surface area (Å²) in [7, 11) is 1.39. The Hall–Kier alpha value is -1.72. The lowest BCUT2D eigenvalue weighted by Gasteiger charge is -2.42. The molecule has 6 heteroatoms. The van der Waals surface area contributed by atoms with Gasteiger partial charge in [-0.1, -0.05) is 117 Å². The van der Waals surface area contributed by atoms with Crippen LogP contribution in [0, 0.1) is 11.8 Å². The highest BCUT2D eigenvalue weighted by Crippen LogP contribution is 2.39. The maximum Gasteiger partial charge on any atom is 0.413 e. The van der Waals surface area contributed by atoms with E-state index in [1.165, 1.54) is 90.6 Å². The number of carbonyl (C=O) groups is 2. The van der Waals surface area contributed by atoms with Gasteiger partial charge in [0.15, 0.2) is 6.23 Å². The molecule has 0 N–H and O–H groups in total. The SMILES string of the molecule is CCCCCCCCCCCCC[C@@H]1C=C(C(=O)OC)O[C@H](N2C(=O)OC[C@H]2CC)[C@H]1CCCCCC. The van der Waals surface area contributed by atoms with Crippen molar-refractivity contribution in [1.82, 2.24) is 4.90 Å². The zero-order valence-corrected chi connectivity index (χ0v) is 24.3. The van der Waals surface area contributed by atoms with Gasteiger partial charge in [-0.15, -0.1) is 0 Å². The number of methoxy groups -OCH3 is 1. The number of carbonyl (C=O) groups excluding carboxylic acids is 2. The second kappa shape index (κ2) is 18.5. The first-order valence-corrected chi connectivity index (χ1v) is 15.5. The van der Waals surface area contributed by atoms with Crippen molar-refractivity contribution in [1.29, 1.82) is 0 Å². The molecule has 0 bridgehead atoms. The molecule has 0 aromatic carbocycles. The molecule has 0 unspecified atom stereocenters. The van der Waals surface area contributed by atoms with Gasteiger partial charge in [0, 0.05) is 5.92 Å². The molecule has 0 radical (unpaired) electrons. The number of amides is 1. The number of hydrogen-bond donors (Lipinski definition) is 0. The van der Waals surface area contributed by atoms with Crippen LogP contribution >= 0.6 is 0 Å². The van der Waals surface area contributed by atoms with E-state index in [2.05, 4.69) is 20.8 Å². The Morgan fingerprint density at radius 2 is 1.41 bits per heavy atom. The maximum atomic E-state index is 12.8. The molecule has 2 rings (SSSR count). The van der Waals surface area contributed by atoms with E-state index < -0.39 is 12.2 Å². The van der Waals surface area contributed by atoms with Crippen molar-refractivity contribution in [2.24, 2.45) is 11.8 Å². The Morgan fingerprint density at radius 3 is 1.97 bits per heavy atom. The Kier molecular flexibility index (Phi) is 15.8. The molecule has 0 aliphatic carbocycles. The number of unbranched alkanes of at least 4 members (excludes halogenated alkanes) is 13. The molecule has 0 saturated carbocycles. The minimum absolute atomic E-state index is 0.0183. The van der Waals surface area contributed by atoms with Crippen LogP contribution in [0.15, 0.2) is 11.8 Å². The van der Waals surface area contributed by atoms with E-state index in [9.17, 15) is 9.59 Å².